The van der Waals surface area contributed by atoms with Crippen molar-refractivity contribution < 1.29 is 14.7 Å². The molecule has 0 radical (unpaired) electrons. The number of hydrogen-bond acceptors (Lipinski definition) is 3. The van der Waals surface area contributed by atoms with Crippen molar-refractivity contribution in [2.24, 2.45) is 0 Å². The maximum atomic E-state index is 11.0. The van der Waals surface area contributed by atoms with E-state index < -0.39 is 5.97 Å². The van der Waals surface area contributed by atoms with Gasteiger partial charge in [0.2, 0.25) is 5.91 Å². The molecule has 0 aromatic rings. The summed E-state index contributed by atoms with van der Waals surface area (Å²) in [4.78, 5) is 21.0. The molecule has 0 bridgehead atoms. The van der Waals surface area contributed by atoms with Gasteiger partial charge in [-0.05, 0) is 6.42 Å². The van der Waals surface area contributed by atoms with E-state index in [0.29, 0.717) is 19.5 Å². The molecule has 0 fully saturated rings. The van der Waals surface area contributed by atoms with Crippen LogP contribution in [0.1, 0.15) is 19.8 Å². The van der Waals surface area contributed by atoms with E-state index in [1.807, 2.05) is 6.92 Å². The Morgan fingerprint density at radius 2 is 2.07 bits per heavy atom. The smallest absolute Gasteiger partial charge is 0.329 e. The van der Waals surface area contributed by atoms with Crippen LogP contribution in [0.3, 0.4) is 0 Å². The van der Waals surface area contributed by atoms with Gasteiger partial charge in [0.05, 0.1) is 0 Å². The molecule has 0 atom stereocenters. The van der Waals surface area contributed by atoms with Crippen LogP contribution in [0.25, 0.3) is 0 Å². The molecule has 5 nitrogen and oxygen atoms in total. The average molecular weight is 200 g/mol. The molecule has 0 aliphatic heterocycles. The van der Waals surface area contributed by atoms with Gasteiger partial charge in [0.25, 0.3) is 0 Å². The zero-order valence-corrected chi connectivity index (χ0v) is 8.25. The van der Waals surface area contributed by atoms with Crippen molar-refractivity contribution in [3.05, 3.63) is 12.3 Å². The minimum Gasteiger partial charge on any atom is -0.478 e. The van der Waals surface area contributed by atoms with Crippen molar-refractivity contribution in [1.29, 1.82) is 0 Å². The first-order chi connectivity index (χ1) is 6.66. The van der Waals surface area contributed by atoms with Crippen LogP contribution in [0.15, 0.2) is 12.3 Å². The second kappa shape index (κ2) is 8.10. The molecule has 80 valence electrons. The highest BCUT2D eigenvalue weighted by molar-refractivity contribution is 5.79. The summed E-state index contributed by atoms with van der Waals surface area (Å²) >= 11 is 0. The lowest BCUT2D eigenvalue weighted by Gasteiger charge is -2.02. The van der Waals surface area contributed by atoms with Crippen LogP contribution in [-0.4, -0.2) is 30.1 Å². The Hall–Kier alpha value is -1.52. The fourth-order valence-electron chi connectivity index (χ4n) is 0.752. The van der Waals surface area contributed by atoms with Crippen molar-refractivity contribution in [3.8, 4) is 0 Å². The standard InChI is InChI=1S/C9H16N2O3/c1-2-5-11-8(12)3-6-10-7-4-9(13)14/h4,7,10H,2-3,5-6H2,1H3,(H,11,12)(H,13,14)/b7-4+. The highest BCUT2D eigenvalue weighted by Crippen LogP contribution is 1.79. The third kappa shape index (κ3) is 8.58. The molecule has 3 N–H and O–H groups in total. The number of carboxylic acids is 1. The van der Waals surface area contributed by atoms with E-state index >= 15 is 0 Å². The number of rotatable bonds is 7. The number of amides is 1. The molecule has 5 heteroatoms. The Kier molecular flexibility index (Phi) is 7.22. The summed E-state index contributed by atoms with van der Waals surface area (Å²) in [5.41, 5.74) is 0. The Labute approximate surface area is 83.2 Å². The molecule has 1 amide bonds. The summed E-state index contributed by atoms with van der Waals surface area (Å²) in [7, 11) is 0. The van der Waals surface area contributed by atoms with Crippen molar-refractivity contribution in [3.63, 3.8) is 0 Å². The fraction of sp³-hybridized carbons (Fsp3) is 0.556. The van der Waals surface area contributed by atoms with Crippen molar-refractivity contribution in [1.82, 2.24) is 10.6 Å². The summed E-state index contributed by atoms with van der Waals surface area (Å²) in [5, 5.41) is 13.6. The number of hydrogen-bond donors (Lipinski definition) is 3. The monoisotopic (exact) mass is 200 g/mol. The first kappa shape index (κ1) is 12.5. The lowest BCUT2D eigenvalue weighted by molar-refractivity contribution is -0.131. The zero-order valence-electron chi connectivity index (χ0n) is 8.25. The number of aliphatic carboxylic acids is 1. The molecule has 0 aliphatic rings. The van der Waals surface area contributed by atoms with Crippen LogP contribution < -0.4 is 10.6 Å². The van der Waals surface area contributed by atoms with Gasteiger partial charge in [0, 0.05) is 31.8 Å². The summed E-state index contributed by atoms with van der Waals surface area (Å²) in [6.45, 7) is 3.11. The molecule has 0 heterocycles. The Morgan fingerprint density at radius 3 is 2.64 bits per heavy atom. The van der Waals surface area contributed by atoms with Crippen LogP contribution in [0.5, 0.6) is 0 Å². The van der Waals surface area contributed by atoms with Gasteiger partial charge in [-0.1, -0.05) is 6.92 Å². The highest BCUT2D eigenvalue weighted by Gasteiger charge is 1.97. The van der Waals surface area contributed by atoms with Gasteiger partial charge in [0.1, 0.15) is 0 Å². The van der Waals surface area contributed by atoms with Crippen LogP contribution in [0, 0.1) is 0 Å². The van der Waals surface area contributed by atoms with Crippen LogP contribution >= 0.6 is 0 Å². The van der Waals surface area contributed by atoms with E-state index in [1.165, 1.54) is 6.20 Å². The molecule has 0 spiro atoms. The van der Waals surface area contributed by atoms with Crippen LogP contribution in [0.4, 0.5) is 0 Å². The van der Waals surface area contributed by atoms with Crippen LogP contribution in [-0.2, 0) is 9.59 Å². The molecule has 0 saturated carbocycles. The van der Waals surface area contributed by atoms with Crippen molar-refractivity contribution in [2.75, 3.05) is 13.1 Å². The largest absolute Gasteiger partial charge is 0.478 e. The van der Waals surface area contributed by atoms with Gasteiger partial charge < -0.3 is 15.7 Å². The highest BCUT2D eigenvalue weighted by atomic mass is 16.4. The summed E-state index contributed by atoms with van der Waals surface area (Å²) < 4.78 is 0. The molecule has 0 unspecified atom stereocenters. The second-order valence-electron chi connectivity index (χ2n) is 2.73. The normalized spacial score (nSPS) is 10.1. The van der Waals surface area contributed by atoms with E-state index in [9.17, 15) is 9.59 Å². The van der Waals surface area contributed by atoms with Crippen LogP contribution in [0.2, 0.25) is 0 Å². The molecule has 0 aromatic heterocycles. The number of carboxylic acid groups (broad SMARTS) is 1. The van der Waals surface area contributed by atoms with Gasteiger partial charge in [-0.25, -0.2) is 4.79 Å². The van der Waals surface area contributed by atoms with Gasteiger partial charge >= 0.3 is 5.97 Å². The summed E-state index contributed by atoms with van der Waals surface area (Å²) in [5.74, 6) is -1.03. The number of nitrogens with one attached hydrogen (secondary N) is 2. The Morgan fingerprint density at radius 1 is 1.36 bits per heavy atom. The Balaban J connectivity index is 3.35. The summed E-state index contributed by atoms with van der Waals surface area (Å²) in [6, 6.07) is 0. The van der Waals surface area contributed by atoms with Crippen molar-refractivity contribution in [2.45, 2.75) is 19.8 Å². The average Bonchev–Trinajstić information content (AvgIpc) is 2.13. The zero-order chi connectivity index (χ0) is 10.8. The van der Waals surface area contributed by atoms with E-state index in [2.05, 4.69) is 10.6 Å². The van der Waals surface area contributed by atoms with E-state index in [1.54, 1.807) is 0 Å². The Bertz CT molecular complexity index is 214. The van der Waals surface area contributed by atoms with E-state index in [0.717, 1.165) is 12.5 Å². The van der Waals surface area contributed by atoms with Gasteiger partial charge in [0.15, 0.2) is 0 Å². The lowest BCUT2D eigenvalue weighted by Crippen LogP contribution is -2.26. The van der Waals surface area contributed by atoms with Gasteiger partial charge in [-0.2, -0.15) is 0 Å². The third-order valence-electron chi connectivity index (χ3n) is 1.41. The molecule has 0 rings (SSSR count). The minimum absolute atomic E-state index is 0.0249. The van der Waals surface area contributed by atoms with E-state index in [4.69, 9.17) is 5.11 Å². The van der Waals surface area contributed by atoms with Crippen molar-refractivity contribution >= 4 is 11.9 Å². The SMILES string of the molecule is CCCNC(=O)CCN/C=C/C(=O)O. The quantitative estimate of drug-likeness (QED) is 0.402. The lowest BCUT2D eigenvalue weighted by atomic mass is 10.4. The molecule has 0 aliphatic carbocycles. The number of carbonyl (C=O) groups is 2. The predicted octanol–water partition coefficient (Wildman–Crippen LogP) is 0.0906. The molecule has 0 saturated heterocycles. The second-order valence-corrected chi connectivity index (χ2v) is 2.73. The fourth-order valence-corrected chi connectivity index (χ4v) is 0.752. The van der Waals surface area contributed by atoms with Gasteiger partial charge in [-0.15, -0.1) is 0 Å². The third-order valence-corrected chi connectivity index (χ3v) is 1.41. The van der Waals surface area contributed by atoms with E-state index in [-0.39, 0.29) is 5.91 Å². The van der Waals surface area contributed by atoms with Gasteiger partial charge in [-0.3, -0.25) is 4.79 Å². The molecule has 0 aromatic carbocycles. The maximum Gasteiger partial charge on any atom is 0.329 e. The summed E-state index contributed by atoms with van der Waals surface area (Å²) in [6.07, 6.45) is 3.57. The minimum atomic E-state index is -1.01. The predicted molar refractivity (Wildman–Crippen MR) is 52.7 cm³/mol. The molecular weight excluding hydrogens is 184 g/mol. The molecule has 14 heavy (non-hydrogen) atoms. The first-order valence-corrected chi connectivity index (χ1v) is 4.56. The topological polar surface area (TPSA) is 78.4 Å². The maximum absolute atomic E-state index is 11.0. The molecular formula is C9H16N2O3. The first-order valence-electron chi connectivity index (χ1n) is 4.56. The number of carbonyl (C=O) groups excluding carboxylic acids is 1.